The van der Waals surface area contributed by atoms with Gasteiger partial charge in [0.05, 0.1) is 38.6 Å². The molecule has 6 nitrogen and oxygen atoms in total. The molecule has 1 aliphatic rings. The summed E-state index contributed by atoms with van der Waals surface area (Å²) in [5.41, 5.74) is 2.47. The van der Waals surface area contributed by atoms with Crippen molar-refractivity contribution in [3.05, 3.63) is 53.6 Å². The van der Waals surface area contributed by atoms with E-state index in [4.69, 9.17) is 14.2 Å². The summed E-state index contributed by atoms with van der Waals surface area (Å²) in [7, 11) is 4.83. The van der Waals surface area contributed by atoms with Crippen LogP contribution in [-0.2, 0) is 4.79 Å². The van der Waals surface area contributed by atoms with Crippen LogP contribution >= 0.6 is 0 Å². The van der Waals surface area contributed by atoms with E-state index < -0.39 is 0 Å². The summed E-state index contributed by atoms with van der Waals surface area (Å²) < 4.78 is 16.5. The van der Waals surface area contributed by atoms with Gasteiger partial charge in [-0.1, -0.05) is 18.2 Å². The van der Waals surface area contributed by atoms with Crippen molar-refractivity contribution in [2.75, 3.05) is 21.3 Å². The number of benzene rings is 2. The van der Waals surface area contributed by atoms with Gasteiger partial charge in [0.25, 0.3) is 0 Å². The zero-order valence-corrected chi connectivity index (χ0v) is 15.4. The number of hydrazone groups is 1. The Morgan fingerprint density at radius 3 is 2.12 bits per heavy atom. The van der Waals surface area contributed by atoms with Crippen LogP contribution in [0, 0.1) is 0 Å². The topological polar surface area (TPSA) is 60.4 Å². The first-order valence-corrected chi connectivity index (χ1v) is 8.32. The second kappa shape index (κ2) is 7.47. The van der Waals surface area contributed by atoms with E-state index in [2.05, 4.69) is 5.10 Å². The number of hydrogen-bond donors (Lipinski definition) is 0. The average molecular weight is 354 g/mol. The van der Waals surface area contributed by atoms with Gasteiger partial charge < -0.3 is 14.2 Å². The van der Waals surface area contributed by atoms with Gasteiger partial charge in [-0.15, -0.1) is 0 Å². The minimum absolute atomic E-state index is 0.146. The molecule has 0 aliphatic carbocycles. The smallest absolute Gasteiger partial charge is 0.240 e. The molecule has 0 spiro atoms. The molecule has 3 rings (SSSR count). The van der Waals surface area contributed by atoms with Gasteiger partial charge >= 0.3 is 0 Å². The fraction of sp³-hybridized carbons (Fsp3) is 0.300. The van der Waals surface area contributed by atoms with Crippen LogP contribution in [0.3, 0.4) is 0 Å². The van der Waals surface area contributed by atoms with Crippen molar-refractivity contribution >= 4 is 11.6 Å². The molecule has 1 heterocycles. The van der Waals surface area contributed by atoms with Crippen LogP contribution in [0.25, 0.3) is 0 Å². The van der Waals surface area contributed by atoms with Crippen LogP contribution in [-0.4, -0.2) is 38.0 Å². The first-order valence-electron chi connectivity index (χ1n) is 8.32. The fourth-order valence-electron chi connectivity index (χ4n) is 3.28. The van der Waals surface area contributed by atoms with Gasteiger partial charge in [-0.3, -0.25) is 4.79 Å². The standard InChI is InChI=1S/C20H22N2O4/c1-13(23)22-16(20-18(25-3)10-7-11-19(20)26-4)12-15(21-22)14-8-5-6-9-17(14)24-2/h5-11,16H,12H2,1-4H3/t16-/m1/s1. The molecular formula is C20H22N2O4. The molecule has 0 aromatic heterocycles. The Hall–Kier alpha value is -3.02. The Morgan fingerprint density at radius 2 is 1.54 bits per heavy atom. The van der Waals surface area contributed by atoms with E-state index in [0.717, 1.165) is 22.6 Å². The van der Waals surface area contributed by atoms with Crippen molar-refractivity contribution in [2.45, 2.75) is 19.4 Å². The van der Waals surface area contributed by atoms with E-state index >= 15 is 0 Å². The average Bonchev–Trinajstić information content (AvgIpc) is 3.12. The molecule has 1 aliphatic heterocycles. The lowest BCUT2D eigenvalue weighted by molar-refractivity contribution is -0.130. The largest absolute Gasteiger partial charge is 0.496 e. The lowest BCUT2D eigenvalue weighted by Gasteiger charge is -2.24. The van der Waals surface area contributed by atoms with Gasteiger partial charge in [0.1, 0.15) is 17.2 Å². The van der Waals surface area contributed by atoms with Gasteiger partial charge in [-0.25, -0.2) is 5.01 Å². The molecule has 0 unspecified atom stereocenters. The summed E-state index contributed by atoms with van der Waals surface area (Å²) in [6.07, 6.45) is 0.538. The van der Waals surface area contributed by atoms with Gasteiger partial charge in [-0.05, 0) is 24.3 Å². The third-order valence-corrected chi connectivity index (χ3v) is 4.45. The highest BCUT2D eigenvalue weighted by molar-refractivity contribution is 6.05. The zero-order valence-electron chi connectivity index (χ0n) is 15.4. The Balaban J connectivity index is 2.07. The molecule has 1 atom stereocenters. The first kappa shape index (κ1) is 17.8. The number of carbonyl (C=O) groups excluding carboxylic acids is 1. The Kier molecular flexibility index (Phi) is 5.11. The molecule has 2 aromatic carbocycles. The maximum Gasteiger partial charge on any atom is 0.240 e. The highest BCUT2D eigenvalue weighted by Crippen LogP contribution is 2.43. The summed E-state index contributed by atoms with van der Waals surface area (Å²) in [4.78, 5) is 12.3. The molecule has 0 saturated heterocycles. The number of carbonyl (C=O) groups is 1. The minimum atomic E-state index is -0.307. The fourth-order valence-corrected chi connectivity index (χ4v) is 3.28. The van der Waals surface area contributed by atoms with E-state index in [1.54, 1.807) is 21.3 Å². The number of nitrogens with zero attached hydrogens (tertiary/aromatic N) is 2. The molecule has 0 saturated carbocycles. The lowest BCUT2D eigenvalue weighted by Crippen LogP contribution is -2.25. The molecule has 0 fully saturated rings. The van der Waals surface area contributed by atoms with Crippen molar-refractivity contribution < 1.29 is 19.0 Å². The van der Waals surface area contributed by atoms with Crippen molar-refractivity contribution in [3.63, 3.8) is 0 Å². The molecule has 1 amide bonds. The summed E-state index contributed by atoms with van der Waals surface area (Å²) in [6, 6.07) is 12.9. The van der Waals surface area contributed by atoms with Crippen LogP contribution in [0.4, 0.5) is 0 Å². The summed E-state index contributed by atoms with van der Waals surface area (Å²) >= 11 is 0. The first-order chi connectivity index (χ1) is 12.6. The van der Waals surface area contributed by atoms with Gasteiger partial charge in [0.2, 0.25) is 5.91 Å². The van der Waals surface area contributed by atoms with Crippen molar-refractivity contribution in [3.8, 4) is 17.2 Å². The summed E-state index contributed by atoms with van der Waals surface area (Å²) in [6.45, 7) is 1.50. The number of hydrogen-bond acceptors (Lipinski definition) is 5. The number of para-hydroxylation sites is 1. The number of rotatable bonds is 5. The van der Waals surface area contributed by atoms with E-state index in [-0.39, 0.29) is 11.9 Å². The van der Waals surface area contributed by atoms with Gasteiger partial charge in [0.15, 0.2) is 0 Å². The third kappa shape index (κ3) is 3.10. The lowest BCUT2D eigenvalue weighted by atomic mass is 9.96. The second-order valence-electron chi connectivity index (χ2n) is 5.91. The van der Waals surface area contributed by atoms with Crippen LogP contribution in [0.2, 0.25) is 0 Å². The molecule has 0 radical (unpaired) electrons. The van der Waals surface area contributed by atoms with Crippen LogP contribution in [0.1, 0.15) is 30.5 Å². The van der Waals surface area contributed by atoms with Crippen LogP contribution < -0.4 is 14.2 Å². The maximum absolute atomic E-state index is 12.3. The van der Waals surface area contributed by atoms with E-state index in [9.17, 15) is 4.79 Å². The highest BCUT2D eigenvalue weighted by atomic mass is 16.5. The summed E-state index contributed by atoms with van der Waals surface area (Å²) in [5, 5.41) is 6.07. The normalized spacial score (nSPS) is 16.2. The third-order valence-electron chi connectivity index (χ3n) is 4.45. The molecular weight excluding hydrogens is 332 g/mol. The Morgan fingerprint density at radius 1 is 0.962 bits per heavy atom. The molecule has 136 valence electrons. The summed E-state index contributed by atoms with van der Waals surface area (Å²) in [5.74, 6) is 1.91. The maximum atomic E-state index is 12.3. The molecule has 26 heavy (non-hydrogen) atoms. The monoisotopic (exact) mass is 354 g/mol. The Labute approximate surface area is 153 Å². The van der Waals surface area contributed by atoms with Crippen LogP contribution in [0.5, 0.6) is 17.2 Å². The predicted molar refractivity (Wildman–Crippen MR) is 99.0 cm³/mol. The SMILES string of the molecule is COc1ccccc1C1=NN(C(C)=O)[C@@H](c2c(OC)cccc2OC)C1. The van der Waals surface area contributed by atoms with Crippen LogP contribution in [0.15, 0.2) is 47.6 Å². The van der Waals surface area contributed by atoms with Crippen molar-refractivity contribution in [1.29, 1.82) is 0 Å². The van der Waals surface area contributed by atoms with Gasteiger partial charge in [0, 0.05) is 18.9 Å². The Bertz CT molecular complexity index is 825. The zero-order chi connectivity index (χ0) is 18.7. The molecule has 0 N–H and O–H groups in total. The predicted octanol–water partition coefficient (Wildman–Crippen LogP) is 3.41. The number of ether oxygens (including phenoxy) is 3. The minimum Gasteiger partial charge on any atom is -0.496 e. The van der Waals surface area contributed by atoms with E-state index in [0.29, 0.717) is 17.9 Å². The van der Waals surface area contributed by atoms with Crippen molar-refractivity contribution in [2.24, 2.45) is 5.10 Å². The second-order valence-corrected chi connectivity index (χ2v) is 5.91. The number of methoxy groups -OCH3 is 3. The number of amides is 1. The van der Waals surface area contributed by atoms with Gasteiger partial charge in [-0.2, -0.15) is 5.10 Å². The van der Waals surface area contributed by atoms with E-state index in [1.165, 1.54) is 11.9 Å². The quantitative estimate of drug-likeness (QED) is 0.826. The van der Waals surface area contributed by atoms with E-state index in [1.807, 2.05) is 42.5 Å². The van der Waals surface area contributed by atoms with Crippen molar-refractivity contribution in [1.82, 2.24) is 5.01 Å². The highest BCUT2D eigenvalue weighted by Gasteiger charge is 2.36. The molecule has 2 aromatic rings. The molecule has 6 heteroatoms. The molecule has 0 bridgehead atoms.